The first kappa shape index (κ1) is 15.8. The van der Waals surface area contributed by atoms with Gasteiger partial charge in [-0.05, 0) is 39.4 Å². The second-order valence-corrected chi connectivity index (χ2v) is 6.63. The maximum Gasteiger partial charge on any atom is 0.122 e. The van der Waals surface area contributed by atoms with Gasteiger partial charge in [-0.25, -0.2) is 0 Å². The molecule has 0 aliphatic carbocycles. The van der Waals surface area contributed by atoms with Crippen molar-refractivity contribution in [1.29, 1.82) is 0 Å². The van der Waals surface area contributed by atoms with Gasteiger partial charge in [-0.1, -0.05) is 30.3 Å². The molecule has 0 aliphatic rings. The van der Waals surface area contributed by atoms with Gasteiger partial charge in [-0.3, -0.25) is 4.90 Å². The molecule has 21 heavy (non-hydrogen) atoms. The summed E-state index contributed by atoms with van der Waals surface area (Å²) >= 11 is 0. The third kappa shape index (κ3) is 5.37. The van der Waals surface area contributed by atoms with E-state index in [0.29, 0.717) is 0 Å². The van der Waals surface area contributed by atoms with Gasteiger partial charge in [0.05, 0.1) is 12.8 Å². The van der Waals surface area contributed by atoms with Gasteiger partial charge < -0.3 is 9.73 Å². The van der Waals surface area contributed by atoms with Crippen molar-refractivity contribution in [2.75, 3.05) is 7.05 Å². The average molecular weight is 286 g/mol. The minimum atomic E-state index is 0.0972. The van der Waals surface area contributed by atoms with E-state index in [9.17, 15) is 0 Å². The molecule has 0 atom stereocenters. The first-order chi connectivity index (χ1) is 9.94. The van der Waals surface area contributed by atoms with Crippen molar-refractivity contribution in [3.8, 4) is 0 Å². The number of hydrogen-bond donors (Lipinski definition) is 1. The van der Waals surface area contributed by atoms with Gasteiger partial charge in [-0.2, -0.15) is 0 Å². The number of hydrogen-bond acceptors (Lipinski definition) is 3. The first-order valence-electron chi connectivity index (χ1n) is 7.47. The van der Waals surface area contributed by atoms with Crippen LogP contribution >= 0.6 is 0 Å². The molecule has 2 rings (SSSR count). The summed E-state index contributed by atoms with van der Waals surface area (Å²) in [6.45, 7) is 9.10. The lowest BCUT2D eigenvalue weighted by molar-refractivity contribution is 0.312. The summed E-state index contributed by atoms with van der Waals surface area (Å²) in [6.07, 6.45) is 1.78. The SMILES string of the molecule is CN(Cc1ccccc1)Cc1ccoc1CNC(C)(C)C. The van der Waals surface area contributed by atoms with Crippen LogP contribution < -0.4 is 5.32 Å². The minimum Gasteiger partial charge on any atom is -0.468 e. The largest absolute Gasteiger partial charge is 0.468 e. The lowest BCUT2D eigenvalue weighted by Gasteiger charge is -2.21. The molecule has 0 radical (unpaired) electrons. The van der Waals surface area contributed by atoms with Crippen LogP contribution in [0.25, 0.3) is 0 Å². The van der Waals surface area contributed by atoms with Gasteiger partial charge in [-0.15, -0.1) is 0 Å². The highest BCUT2D eigenvalue weighted by molar-refractivity contribution is 5.18. The number of rotatable bonds is 6. The Morgan fingerprint density at radius 3 is 2.43 bits per heavy atom. The van der Waals surface area contributed by atoms with Gasteiger partial charge in [0.25, 0.3) is 0 Å². The average Bonchev–Trinajstić information content (AvgIpc) is 2.84. The predicted molar refractivity (Wildman–Crippen MR) is 86.9 cm³/mol. The molecule has 114 valence electrons. The van der Waals surface area contributed by atoms with Gasteiger partial charge in [0, 0.05) is 24.2 Å². The van der Waals surface area contributed by atoms with Crippen LogP contribution in [0.1, 0.15) is 37.7 Å². The molecule has 1 aromatic heterocycles. The van der Waals surface area contributed by atoms with Crippen molar-refractivity contribution in [2.45, 2.75) is 45.9 Å². The van der Waals surface area contributed by atoms with Gasteiger partial charge in [0.15, 0.2) is 0 Å². The molecule has 0 aliphatic heterocycles. The van der Waals surface area contributed by atoms with Gasteiger partial charge in [0.2, 0.25) is 0 Å². The Bertz CT molecular complexity index is 540. The van der Waals surface area contributed by atoms with Crippen molar-refractivity contribution >= 4 is 0 Å². The van der Waals surface area contributed by atoms with Crippen LogP contribution in [0.2, 0.25) is 0 Å². The Balaban J connectivity index is 1.92. The van der Waals surface area contributed by atoms with E-state index >= 15 is 0 Å². The molecule has 0 saturated carbocycles. The molecule has 0 saturated heterocycles. The smallest absolute Gasteiger partial charge is 0.122 e. The molecule has 2 aromatic rings. The van der Waals surface area contributed by atoms with Crippen LogP contribution in [0.15, 0.2) is 47.1 Å². The van der Waals surface area contributed by atoms with E-state index in [2.05, 4.69) is 74.4 Å². The summed E-state index contributed by atoms with van der Waals surface area (Å²) in [5, 5.41) is 3.48. The Morgan fingerprint density at radius 2 is 1.76 bits per heavy atom. The van der Waals surface area contributed by atoms with Crippen LogP contribution in [-0.2, 0) is 19.6 Å². The molecule has 0 amide bonds. The van der Waals surface area contributed by atoms with E-state index in [0.717, 1.165) is 25.4 Å². The summed E-state index contributed by atoms with van der Waals surface area (Å²) in [5.41, 5.74) is 2.68. The Kier molecular flexibility index (Phi) is 5.21. The number of benzene rings is 1. The van der Waals surface area contributed by atoms with E-state index in [1.54, 1.807) is 6.26 Å². The molecule has 0 bridgehead atoms. The fraction of sp³-hybridized carbons (Fsp3) is 0.444. The molecule has 3 nitrogen and oxygen atoms in total. The summed E-state index contributed by atoms with van der Waals surface area (Å²) < 4.78 is 5.62. The molecular formula is C18H26N2O. The first-order valence-corrected chi connectivity index (χ1v) is 7.47. The quantitative estimate of drug-likeness (QED) is 0.875. The van der Waals surface area contributed by atoms with Crippen LogP contribution in [0.3, 0.4) is 0 Å². The second kappa shape index (κ2) is 6.92. The third-order valence-corrected chi connectivity index (χ3v) is 3.35. The monoisotopic (exact) mass is 286 g/mol. The summed E-state index contributed by atoms with van der Waals surface area (Å²) in [6, 6.07) is 12.6. The van der Waals surface area contributed by atoms with E-state index < -0.39 is 0 Å². The fourth-order valence-corrected chi connectivity index (χ4v) is 2.25. The molecule has 0 spiro atoms. The molecule has 0 unspecified atom stereocenters. The number of furan rings is 1. The highest BCUT2D eigenvalue weighted by atomic mass is 16.3. The van der Waals surface area contributed by atoms with E-state index in [1.807, 2.05) is 0 Å². The zero-order valence-electron chi connectivity index (χ0n) is 13.5. The third-order valence-electron chi connectivity index (χ3n) is 3.35. The number of nitrogens with zero attached hydrogens (tertiary/aromatic N) is 1. The van der Waals surface area contributed by atoms with Crippen molar-refractivity contribution in [3.63, 3.8) is 0 Å². The zero-order valence-corrected chi connectivity index (χ0v) is 13.5. The highest BCUT2D eigenvalue weighted by Gasteiger charge is 2.13. The highest BCUT2D eigenvalue weighted by Crippen LogP contribution is 2.15. The standard InChI is InChI=1S/C18H26N2O/c1-18(2,3)19-12-17-16(10-11-21-17)14-20(4)13-15-8-6-5-7-9-15/h5-11,19H,12-14H2,1-4H3. The normalized spacial score (nSPS) is 12.0. The molecule has 1 N–H and O–H groups in total. The van der Waals surface area contributed by atoms with Crippen molar-refractivity contribution in [2.24, 2.45) is 0 Å². The summed E-state index contributed by atoms with van der Waals surface area (Å²) in [4.78, 5) is 2.31. The molecule has 1 aromatic carbocycles. The topological polar surface area (TPSA) is 28.4 Å². The van der Waals surface area contributed by atoms with E-state index in [-0.39, 0.29) is 5.54 Å². The summed E-state index contributed by atoms with van der Waals surface area (Å²) in [5.74, 6) is 1.03. The molecule has 1 heterocycles. The Morgan fingerprint density at radius 1 is 1.05 bits per heavy atom. The molecule has 3 heteroatoms. The minimum absolute atomic E-state index is 0.0972. The second-order valence-electron chi connectivity index (χ2n) is 6.63. The van der Waals surface area contributed by atoms with E-state index in [4.69, 9.17) is 4.42 Å². The van der Waals surface area contributed by atoms with Gasteiger partial charge >= 0.3 is 0 Å². The zero-order chi connectivity index (χ0) is 15.3. The fourth-order valence-electron chi connectivity index (χ4n) is 2.25. The van der Waals surface area contributed by atoms with Crippen molar-refractivity contribution in [1.82, 2.24) is 10.2 Å². The molecular weight excluding hydrogens is 260 g/mol. The predicted octanol–water partition coefficient (Wildman–Crippen LogP) is 3.80. The maximum absolute atomic E-state index is 5.62. The Hall–Kier alpha value is -1.58. The van der Waals surface area contributed by atoms with E-state index in [1.165, 1.54) is 11.1 Å². The van der Waals surface area contributed by atoms with Crippen LogP contribution in [0.4, 0.5) is 0 Å². The number of nitrogens with one attached hydrogen (secondary N) is 1. The molecule has 0 fully saturated rings. The lowest BCUT2D eigenvalue weighted by Crippen LogP contribution is -2.35. The van der Waals surface area contributed by atoms with Crippen LogP contribution in [-0.4, -0.2) is 17.5 Å². The lowest BCUT2D eigenvalue weighted by atomic mass is 10.1. The van der Waals surface area contributed by atoms with Crippen LogP contribution in [0, 0.1) is 0 Å². The summed E-state index contributed by atoms with van der Waals surface area (Å²) in [7, 11) is 2.14. The van der Waals surface area contributed by atoms with Crippen molar-refractivity contribution in [3.05, 3.63) is 59.5 Å². The van der Waals surface area contributed by atoms with Crippen LogP contribution in [0.5, 0.6) is 0 Å². The van der Waals surface area contributed by atoms with Gasteiger partial charge in [0.1, 0.15) is 5.76 Å². The van der Waals surface area contributed by atoms with Crippen molar-refractivity contribution < 1.29 is 4.42 Å². The Labute approximate surface area is 128 Å². The maximum atomic E-state index is 5.62.